The lowest BCUT2D eigenvalue weighted by atomic mass is 10.1. The summed E-state index contributed by atoms with van der Waals surface area (Å²) < 4.78 is 34.0. The molecule has 0 bridgehead atoms. The van der Waals surface area contributed by atoms with Gasteiger partial charge in [0.05, 0.1) is 10.5 Å². The first-order valence-corrected chi connectivity index (χ1v) is 12.3. The minimum Gasteiger partial charge on any atom is -0.454 e. The Balaban J connectivity index is 1.45. The first kappa shape index (κ1) is 21.0. The fraction of sp³-hybridized carbons (Fsp3) is 0.208. The molecule has 0 aromatic heterocycles. The van der Waals surface area contributed by atoms with Gasteiger partial charge in [-0.15, -0.1) is 0 Å². The maximum atomic E-state index is 13.2. The zero-order chi connectivity index (χ0) is 22.1. The topological polar surface area (TPSA) is 62.2 Å². The second-order valence-electron chi connectivity index (χ2n) is 7.70. The summed E-state index contributed by atoms with van der Waals surface area (Å²) in [5.74, 6) is 2.25. The summed E-state index contributed by atoms with van der Waals surface area (Å²) in [4.78, 5) is 7.35. The second-order valence-corrected chi connectivity index (χ2v) is 10.1. The monoisotopic (exact) mass is 467 g/mol. The van der Waals surface area contributed by atoms with E-state index < -0.39 is 10.0 Å². The number of para-hydroxylation sites is 3. The molecule has 0 spiro atoms. The number of rotatable bonds is 2. The summed E-state index contributed by atoms with van der Waals surface area (Å²) >= 11 is 5.93. The van der Waals surface area contributed by atoms with Gasteiger partial charge in [0.15, 0.2) is 5.75 Å². The lowest BCUT2D eigenvalue weighted by molar-refractivity contribution is 0.407. The Morgan fingerprint density at radius 3 is 2.34 bits per heavy atom. The molecular formula is C24H22ClN3O3S. The molecule has 3 aromatic carbocycles. The van der Waals surface area contributed by atoms with Gasteiger partial charge >= 0.3 is 0 Å². The van der Waals surface area contributed by atoms with Crippen molar-refractivity contribution in [3.63, 3.8) is 0 Å². The molecular weight excluding hydrogens is 446 g/mol. The zero-order valence-corrected chi connectivity index (χ0v) is 18.9. The maximum Gasteiger partial charge on any atom is 0.243 e. The minimum absolute atomic E-state index is 0.259. The standard InChI is InChI=1S/C24H22ClN3O3S/c25-18-10-12-19(13-11-18)32(29,30)28-15-5-14-27(16-17-28)24-20-6-1-3-8-22(20)31-23-9-4-2-7-21(23)26-24/h1-4,6-13H,5,14-17H2. The number of nitrogens with zero attached hydrogens (tertiary/aromatic N) is 3. The molecule has 0 amide bonds. The summed E-state index contributed by atoms with van der Waals surface area (Å²) in [5, 5.41) is 0.513. The van der Waals surface area contributed by atoms with E-state index >= 15 is 0 Å². The number of amidine groups is 1. The fourth-order valence-electron chi connectivity index (χ4n) is 4.01. The summed E-state index contributed by atoms with van der Waals surface area (Å²) in [6.07, 6.45) is 0.691. The van der Waals surface area contributed by atoms with E-state index in [-0.39, 0.29) is 4.90 Å². The molecule has 0 saturated carbocycles. The predicted octanol–water partition coefficient (Wildman–Crippen LogP) is 4.92. The van der Waals surface area contributed by atoms with Crippen molar-refractivity contribution in [1.29, 1.82) is 0 Å². The normalized spacial score (nSPS) is 16.8. The first-order valence-electron chi connectivity index (χ1n) is 10.5. The highest BCUT2D eigenvalue weighted by molar-refractivity contribution is 7.89. The van der Waals surface area contributed by atoms with E-state index in [2.05, 4.69) is 4.90 Å². The van der Waals surface area contributed by atoms with Crippen LogP contribution in [0, 0.1) is 0 Å². The van der Waals surface area contributed by atoms with E-state index in [0.717, 1.165) is 22.8 Å². The Hall–Kier alpha value is -2.87. The number of aliphatic imine (C=N–C) groups is 1. The van der Waals surface area contributed by atoms with Crippen molar-refractivity contribution in [3.05, 3.63) is 83.4 Å². The molecule has 8 heteroatoms. The van der Waals surface area contributed by atoms with Crippen molar-refractivity contribution in [2.24, 2.45) is 4.99 Å². The molecule has 6 nitrogen and oxygen atoms in total. The number of sulfonamides is 1. The van der Waals surface area contributed by atoms with Gasteiger partial charge in [-0.05, 0) is 55.0 Å². The second kappa shape index (κ2) is 8.58. The Morgan fingerprint density at radius 1 is 0.812 bits per heavy atom. The molecule has 2 heterocycles. The molecule has 0 aliphatic carbocycles. The van der Waals surface area contributed by atoms with Gasteiger partial charge in [0.1, 0.15) is 17.3 Å². The first-order chi connectivity index (χ1) is 15.5. The number of halogens is 1. The average molecular weight is 468 g/mol. The summed E-state index contributed by atoms with van der Waals surface area (Å²) in [6.45, 7) is 2.04. The molecule has 1 saturated heterocycles. The van der Waals surface area contributed by atoms with Crippen LogP contribution < -0.4 is 4.74 Å². The number of ether oxygens (including phenoxy) is 1. The Labute approximate surface area is 192 Å². The van der Waals surface area contributed by atoms with Crippen molar-refractivity contribution in [3.8, 4) is 11.5 Å². The lowest BCUT2D eigenvalue weighted by Crippen LogP contribution is -2.37. The van der Waals surface area contributed by atoms with Gasteiger partial charge in [-0.3, -0.25) is 0 Å². The van der Waals surface area contributed by atoms with Crippen molar-refractivity contribution in [2.45, 2.75) is 11.3 Å². The van der Waals surface area contributed by atoms with E-state index in [9.17, 15) is 8.42 Å². The van der Waals surface area contributed by atoms with Crippen LogP contribution in [-0.2, 0) is 10.0 Å². The Kier molecular flexibility index (Phi) is 5.63. The molecule has 164 valence electrons. The molecule has 2 aliphatic heterocycles. The number of benzene rings is 3. The summed E-state index contributed by atoms with van der Waals surface area (Å²) in [6, 6.07) is 21.8. The average Bonchev–Trinajstić information content (AvgIpc) is 3.14. The van der Waals surface area contributed by atoms with Crippen LogP contribution in [-0.4, -0.2) is 49.6 Å². The summed E-state index contributed by atoms with van der Waals surface area (Å²) in [5.41, 5.74) is 1.66. The molecule has 0 atom stereocenters. The van der Waals surface area contributed by atoms with E-state index in [1.54, 1.807) is 28.6 Å². The third kappa shape index (κ3) is 3.99. The van der Waals surface area contributed by atoms with E-state index in [1.165, 1.54) is 0 Å². The van der Waals surface area contributed by atoms with Crippen molar-refractivity contribution >= 4 is 33.1 Å². The SMILES string of the molecule is O=S(=O)(c1ccc(Cl)cc1)N1CCCN(C2=Nc3ccccc3Oc3ccccc32)CC1. The summed E-state index contributed by atoms with van der Waals surface area (Å²) in [7, 11) is -3.59. The lowest BCUT2D eigenvalue weighted by Gasteiger charge is -2.25. The van der Waals surface area contributed by atoms with Gasteiger partial charge in [0, 0.05) is 31.2 Å². The van der Waals surface area contributed by atoms with E-state index in [1.807, 2.05) is 48.5 Å². The molecule has 1 fully saturated rings. The van der Waals surface area contributed by atoms with Gasteiger partial charge in [-0.25, -0.2) is 13.4 Å². The largest absolute Gasteiger partial charge is 0.454 e. The molecule has 5 rings (SSSR count). The molecule has 2 aliphatic rings. The highest BCUT2D eigenvalue weighted by Crippen LogP contribution is 2.38. The third-order valence-corrected chi connectivity index (χ3v) is 7.81. The number of hydrogen-bond acceptors (Lipinski definition) is 5. The zero-order valence-electron chi connectivity index (χ0n) is 17.3. The van der Waals surface area contributed by atoms with Gasteiger partial charge < -0.3 is 9.64 Å². The van der Waals surface area contributed by atoms with Crippen molar-refractivity contribution < 1.29 is 13.2 Å². The minimum atomic E-state index is -3.59. The highest BCUT2D eigenvalue weighted by atomic mass is 35.5. The smallest absolute Gasteiger partial charge is 0.243 e. The molecule has 32 heavy (non-hydrogen) atoms. The Morgan fingerprint density at radius 2 is 1.53 bits per heavy atom. The van der Waals surface area contributed by atoms with Crippen molar-refractivity contribution in [1.82, 2.24) is 9.21 Å². The van der Waals surface area contributed by atoms with Crippen LogP contribution in [0.15, 0.2) is 82.7 Å². The van der Waals surface area contributed by atoms with Crippen LogP contribution in [0.2, 0.25) is 5.02 Å². The predicted molar refractivity (Wildman–Crippen MR) is 126 cm³/mol. The number of hydrogen-bond donors (Lipinski definition) is 0. The van der Waals surface area contributed by atoms with Crippen molar-refractivity contribution in [2.75, 3.05) is 26.2 Å². The highest BCUT2D eigenvalue weighted by Gasteiger charge is 2.29. The third-order valence-electron chi connectivity index (χ3n) is 5.65. The van der Waals surface area contributed by atoms with Gasteiger partial charge in [0.2, 0.25) is 10.0 Å². The van der Waals surface area contributed by atoms with E-state index in [0.29, 0.717) is 43.4 Å². The van der Waals surface area contributed by atoms with Crippen LogP contribution >= 0.6 is 11.6 Å². The van der Waals surface area contributed by atoms with Crippen LogP contribution in [0.5, 0.6) is 11.5 Å². The molecule has 3 aromatic rings. The maximum absolute atomic E-state index is 13.2. The van der Waals surface area contributed by atoms with Crippen LogP contribution in [0.3, 0.4) is 0 Å². The number of fused-ring (bicyclic) bond motifs is 2. The molecule has 0 radical (unpaired) electrons. The van der Waals surface area contributed by atoms with Crippen LogP contribution in [0.1, 0.15) is 12.0 Å². The molecule has 0 unspecified atom stereocenters. The van der Waals surface area contributed by atoms with Gasteiger partial charge in [-0.1, -0.05) is 35.9 Å². The quantitative estimate of drug-likeness (QED) is 0.536. The Bertz CT molecular complexity index is 1280. The van der Waals surface area contributed by atoms with E-state index in [4.69, 9.17) is 21.3 Å². The van der Waals surface area contributed by atoms with Gasteiger partial charge in [0.25, 0.3) is 0 Å². The van der Waals surface area contributed by atoms with Crippen LogP contribution in [0.4, 0.5) is 5.69 Å². The molecule has 0 N–H and O–H groups in total. The van der Waals surface area contributed by atoms with Crippen LogP contribution in [0.25, 0.3) is 0 Å². The van der Waals surface area contributed by atoms with Gasteiger partial charge in [-0.2, -0.15) is 4.31 Å². The fourth-order valence-corrected chi connectivity index (χ4v) is 5.61.